The van der Waals surface area contributed by atoms with Crippen LogP contribution in [0.2, 0.25) is 0 Å². The molecule has 0 fully saturated rings. The minimum absolute atomic E-state index is 0.0857. The van der Waals surface area contributed by atoms with Crippen molar-refractivity contribution in [1.29, 1.82) is 0 Å². The first-order chi connectivity index (χ1) is 19.9. The molecular weight excluding hydrogens is 562 g/mol. The van der Waals surface area contributed by atoms with Crippen molar-refractivity contribution >= 4 is 33.5 Å². The van der Waals surface area contributed by atoms with Crippen LogP contribution in [0.15, 0.2) is 96.4 Å². The molecule has 2 heterocycles. The lowest BCUT2D eigenvalue weighted by atomic mass is 9.81. The monoisotopic (exact) mass is 604 g/mol. The predicted molar refractivity (Wildman–Crippen MR) is 172 cm³/mol. The molecule has 0 saturated heterocycles. The second kappa shape index (κ2) is 11.3. The standard InChI is InChI=1S/C34H41N3O5S/c1-32(2,3)42-31(38)37(43(39,40)41)24(16-14-22-29-33(4,5)25-18-10-12-20-27(25)35(29)8)17-15-23-30-34(6,7)26-19-11-13-21-28(26)36(30)9/h10-23H,1-9H3/p+1. The van der Waals surface area contributed by atoms with Crippen molar-refractivity contribution < 1.29 is 27.1 Å². The van der Waals surface area contributed by atoms with E-state index in [1.54, 1.807) is 32.9 Å². The van der Waals surface area contributed by atoms with Gasteiger partial charge < -0.3 is 9.64 Å². The number of amides is 1. The molecule has 1 amide bonds. The van der Waals surface area contributed by atoms with Crippen molar-refractivity contribution in [3.8, 4) is 0 Å². The van der Waals surface area contributed by atoms with Crippen LogP contribution in [-0.4, -0.2) is 53.4 Å². The summed E-state index contributed by atoms with van der Waals surface area (Å²) in [6.07, 6.45) is 8.86. The maximum absolute atomic E-state index is 13.1. The highest BCUT2D eigenvalue weighted by Gasteiger charge is 2.42. The molecule has 2 aromatic carbocycles. The SMILES string of the molecule is CN1/C(=C/C=C/C(=C/C=C/C2=[N+](C)c3ccccc3C2(C)C)N(C(=O)OC(C)(C)C)S(=O)(=O)O)C(C)(C)c2ccccc21. The lowest BCUT2D eigenvalue weighted by Gasteiger charge is -2.25. The smallest absolute Gasteiger partial charge is 0.430 e. The molecule has 0 unspecified atom stereocenters. The maximum Gasteiger partial charge on any atom is 0.430 e. The summed E-state index contributed by atoms with van der Waals surface area (Å²) in [5.41, 5.74) is 4.79. The number of allylic oxidation sites excluding steroid dienone is 7. The van der Waals surface area contributed by atoms with Gasteiger partial charge in [0.05, 0.1) is 11.1 Å². The Bertz CT molecular complexity index is 1700. The fourth-order valence-electron chi connectivity index (χ4n) is 5.91. The molecule has 1 N–H and O–H groups in total. The van der Waals surface area contributed by atoms with Gasteiger partial charge >= 0.3 is 16.4 Å². The van der Waals surface area contributed by atoms with Crippen LogP contribution in [-0.2, 0) is 25.9 Å². The van der Waals surface area contributed by atoms with E-state index in [2.05, 4.69) is 61.4 Å². The normalized spacial score (nSPS) is 19.0. The summed E-state index contributed by atoms with van der Waals surface area (Å²) < 4.78 is 43.1. The third-order valence-electron chi connectivity index (χ3n) is 7.95. The number of carbonyl (C=O) groups is 1. The van der Waals surface area contributed by atoms with E-state index in [0.717, 1.165) is 22.8 Å². The number of para-hydroxylation sites is 2. The average molecular weight is 605 g/mol. The lowest BCUT2D eigenvalue weighted by molar-refractivity contribution is -0.401. The Hall–Kier alpha value is -3.95. The van der Waals surface area contributed by atoms with Gasteiger partial charge in [0.2, 0.25) is 5.69 Å². The van der Waals surface area contributed by atoms with Crippen LogP contribution in [0, 0.1) is 0 Å². The van der Waals surface area contributed by atoms with Gasteiger partial charge in [-0.15, -0.1) is 4.31 Å². The molecular formula is C34H42N3O5S+. The number of hydrogen-bond acceptors (Lipinski definition) is 5. The molecule has 0 radical (unpaired) electrons. The van der Waals surface area contributed by atoms with Crippen LogP contribution in [0.3, 0.4) is 0 Å². The third kappa shape index (κ3) is 6.24. The van der Waals surface area contributed by atoms with Gasteiger partial charge in [-0.05, 0) is 64.5 Å². The van der Waals surface area contributed by atoms with Gasteiger partial charge in [-0.1, -0.05) is 62.4 Å². The second-order valence-electron chi connectivity index (χ2n) is 12.9. The zero-order chi connectivity index (χ0) is 32.0. The van der Waals surface area contributed by atoms with Crippen LogP contribution < -0.4 is 4.90 Å². The van der Waals surface area contributed by atoms with Crippen LogP contribution in [0.4, 0.5) is 16.2 Å². The largest absolute Gasteiger partial charge is 0.443 e. The Kier molecular flexibility index (Phi) is 8.39. The Morgan fingerprint density at radius 2 is 1.58 bits per heavy atom. The van der Waals surface area contributed by atoms with Crippen LogP contribution in [0.25, 0.3) is 0 Å². The summed E-state index contributed by atoms with van der Waals surface area (Å²) in [6.45, 7) is 13.4. The Morgan fingerprint density at radius 1 is 0.977 bits per heavy atom. The first-order valence-electron chi connectivity index (χ1n) is 14.2. The molecule has 2 aliphatic heterocycles. The van der Waals surface area contributed by atoms with E-state index in [-0.39, 0.29) is 20.8 Å². The molecule has 0 saturated carbocycles. The molecule has 0 aromatic heterocycles. The summed E-state index contributed by atoms with van der Waals surface area (Å²) in [5, 5.41) is 0. The average Bonchev–Trinajstić information content (AvgIpc) is 3.21. The molecule has 0 bridgehead atoms. The number of nitrogens with zero attached hydrogens (tertiary/aromatic N) is 3. The zero-order valence-corrected chi connectivity index (χ0v) is 27.2. The van der Waals surface area contributed by atoms with Crippen molar-refractivity contribution in [3.05, 3.63) is 108 Å². The van der Waals surface area contributed by atoms with Gasteiger partial charge in [0.1, 0.15) is 12.6 Å². The summed E-state index contributed by atoms with van der Waals surface area (Å²) in [4.78, 5) is 15.2. The quantitative estimate of drug-likeness (QED) is 0.216. The minimum atomic E-state index is -5.03. The van der Waals surface area contributed by atoms with Crippen molar-refractivity contribution in [2.45, 2.75) is 64.9 Å². The summed E-state index contributed by atoms with van der Waals surface area (Å²) >= 11 is 0. The van der Waals surface area contributed by atoms with E-state index in [0.29, 0.717) is 0 Å². The molecule has 0 aliphatic carbocycles. The maximum atomic E-state index is 13.1. The van der Waals surface area contributed by atoms with Crippen LogP contribution in [0.5, 0.6) is 0 Å². The predicted octanol–water partition coefficient (Wildman–Crippen LogP) is 7.04. The molecule has 228 valence electrons. The number of hydrogen-bond donors (Lipinski definition) is 1. The molecule has 9 heteroatoms. The molecule has 2 aromatic rings. The van der Waals surface area contributed by atoms with Gasteiger partial charge in [0, 0.05) is 41.6 Å². The second-order valence-corrected chi connectivity index (χ2v) is 14.1. The van der Waals surface area contributed by atoms with Gasteiger partial charge in [-0.25, -0.2) is 4.79 Å². The van der Waals surface area contributed by atoms with Crippen molar-refractivity contribution in [2.75, 3.05) is 19.0 Å². The Balaban J connectivity index is 1.78. The summed E-state index contributed by atoms with van der Waals surface area (Å²) in [5.74, 6) is 0. The molecule has 43 heavy (non-hydrogen) atoms. The fraction of sp³-hybridized carbons (Fsp3) is 0.353. The number of rotatable bonds is 6. The molecule has 4 rings (SSSR count). The highest BCUT2D eigenvalue weighted by Crippen LogP contribution is 2.46. The zero-order valence-electron chi connectivity index (χ0n) is 26.4. The van der Waals surface area contributed by atoms with E-state index in [1.165, 1.54) is 23.3 Å². The lowest BCUT2D eigenvalue weighted by Crippen LogP contribution is -2.39. The van der Waals surface area contributed by atoms with E-state index in [9.17, 15) is 17.8 Å². The molecule has 8 nitrogen and oxygen atoms in total. The topological polar surface area (TPSA) is 90.2 Å². The number of benzene rings is 2. The van der Waals surface area contributed by atoms with Crippen LogP contribution >= 0.6 is 0 Å². The summed E-state index contributed by atoms with van der Waals surface area (Å²) in [6, 6.07) is 16.3. The highest BCUT2D eigenvalue weighted by atomic mass is 32.2. The number of anilines is 1. The number of carbonyl (C=O) groups excluding carboxylic acids is 1. The number of likely N-dealkylation sites (N-methyl/N-ethyl adjacent to an activating group) is 1. The molecule has 0 spiro atoms. The van der Waals surface area contributed by atoms with Gasteiger partial charge in [-0.2, -0.15) is 13.0 Å². The third-order valence-corrected chi connectivity index (χ3v) is 8.77. The fourth-order valence-corrected chi connectivity index (χ4v) is 6.52. The molecule has 2 aliphatic rings. The van der Waals surface area contributed by atoms with Gasteiger partial charge in [0.25, 0.3) is 0 Å². The highest BCUT2D eigenvalue weighted by molar-refractivity contribution is 7.84. The van der Waals surface area contributed by atoms with Gasteiger partial charge in [0.15, 0.2) is 5.71 Å². The van der Waals surface area contributed by atoms with E-state index in [4.69, 9.17) is 4.74 Å². The first kappa shape index (κ1) is 32.0. The number of fused-ring (bicyclic) bond motifs is 2. The van der Waals surface area contributed by atoms with Crippen LogP contribution in [0.1, 0.15) is 59.6 Å². The van der Waals surface area contributed by atoms with E-state index < -0.39 is 22.0 Å². The van der Waals surface area contributed by atoms with Crippen molar-refractivity contribution in [3.63, 3.8) is 0 Å². The summed E-state index contributed by atoms with van der Waals surface area (Å²) in [7, 11) is -1.07. The Morgan fingerprint density at radius 3 is 2.16 bits per heavy atom. The Labute approximate surface area is 255 Å². The van der Waals surface area contributed by atoms with E-state index >= 15 is 0 Å². The number of ether oxygens (including phenoxy) is 1. The van der Waals surface area contributed by atoms with Crippen molar-refractivity contribution in [2.24, 2.45) is 0 Å². The van der Waals surface area contributed by atoms with Gasteiger partial charge in [-0.3, -0.25) is 4.55 Å². The molecule has 0 atom stereocenters. The first-order valence-corrected chi connectivity index (χ1v) is 15.6. The van der Waals surface area contributed by atoms with Crippen molar-refractivity contribution in [1.82, 2.24) is 4.31 Å². The minimum Gasteiger partial charge on any atom is -0.443 e. The van der Waals surface area contributed by atoms with E-state index in [1.807, 2.05) is 50.5 Å².